The fraction of sp³-hybridized carbons (Fsp3) is 0.471. The van der Waals surface area contributed by atoms with Crippen molar-refractivity contribution in [1.29, 1.82) is 0 Å². The Balaban J connectivity index is 2.00. The summed E-state index contributed by atoms with van der Waals surface area (Å²) in [5.41, 5.74) is 9.19. The minimum Gasteiger partial charge on any atom is -0.382 e. The number of nitrogens with one attached hydrogen (secondary N) is 1. The van der Waals surface area contributed by atoms with Gasteiger partial charge in [0.25, 0.3) is 0 Å². The topological polar surface area (TPSA) is 116 Å². The van der Waals surface area contributed by atoms with E-state index in [1.165, 1.54) is 7.05 Å². The van der Waals surface area contributed by atoms with Crippen LogP contribution in [0.2, 0.25) is 0 Å². The highest BCUT2D eigenvalue weighted by Crippen LogP contribution is 2.28. The zero-order chi connectivity index (χ0) is 18.7. The SMILES string of the molecule is CCCc1nc2c(N)nc3cccnc3c2n1CCCCS(=O)(=O)NC. The highest BCUT2D eigenvalue weighted by molar-refractivity contribution is 7.89. The summed E-state index contributed by atoms with van der Waals surface area (Å²) in [6.45, 7) is 2.77. The number of unbranched alkanes of at least 4 members (excludes halogenated alkanes) is 1. The monoisotopic (exact) mass is 376 g/mol. The maximum atomic E-state index is 11.6. The molecule has 0 aromatic carbocycles. The summed E-state index contributed by atoms with van der Waals surface area (Å²) >= 11 is 0. The van der Waals surface area contributed by atoms with E-state index < -0.39 is 10.0 Å². The van der Waals surface area contributed by atoms with Crippen LogP contribution in [0.25, 0.3) is 22.1 Å². The lowest BCUT2D eigenvalue weighted by molar-refractivity contribution is 0.573. The minimum absolute atomic E-state index is 0.113. The molecule has 0 unspecified atom stereocenters. The number of aryl methyl sites for hydroxylation is 2. The number of hydrogen-bond acceptors (Lipinski definition) is 6. The number of fused-ring (bicyclic) bond motifs is 3. The van der Waals surface area contributed by atoms with E-state index >= 15 is 0 Å². The number of anilines is 1. The molecule has 0 atom stereocenters. The Bertz CT molecular complexity index is 1030. The summed E-state index contributed by atoms with van der Waals surface area (Å²) < 4.78 is 27.7. The molecule has 0 saturated carbocycles. The smallest absolute Gasteiger partial charge is 0.211 e. The number of rotatable bonds is 8. The molecule has 3 aromatic heterocycles. The molecule has 26 heavy (non-hydrogen) atoms. The van der Waals surface area contributed by atoms with Crippen LogP contribution in [0.15, 0.2) is 18.3 Å². The molecule has 0 amide bonds. The quantitative estimate of drug-likeness (QED) is 0.580. The fourth-order valence-corrected chi connectivity index (χ4v) is 3.88. The number of pyridine rings is 2. The second-order valence-electron chi connectivity index (χ2n) is 6.23. The highest BCUT2D eigenvalue weighted by Gasteiger charge is 2.17. The predicted molar refractivity (Wildman–Crippen MR) is 103 cm³/mol. The fourth-order valence-electron chi connectivity index (χ4n) is 3.09. The van der Waals surface area contributed by atoms with E-state index in [4.69, 9.17) is 10.7 Å². The summed E-state index contributed by atoms with van der Waals surface area (Å²) in [6.07, 6.45) is 4.79. The van der Waals surface area contributed by atoms with E-state index in [0.717, 1.165) is 41.6 Å². The maximum Gasteiger partial charge on any atom is 0.211 e. The molecule has 140 valence electrons. The van der Waals surface area contributed by atoms with Gasteiger partial charge >= 0.3 is 0 Å². The maximum absolute atomic E-state index is 11.6. The van der Waals surface area contributed by atoms with Gasteiger partial charge < -0.3 is 10.3 Å². The van der Waals surface area contributed by atoms with Gasteiger partial charge in [-0.05, 0) is 38.4 Å². The second kappa shape index (κ2) is 7.55. The van der Waals surface area contributed by atoms with E-state index in [-0.39, 0.29) is 5.75 Å². The van der Waals surface area contributed by atoms with Crippen LogP contribution in [-0.2, 0) is 23.0 Å². The van der Waals surface area contributed by atoms with Gasteiger partial charge in [-0.2, -0.15) is 0 Å². The molecule has 8 nitrogen and oxygen atoms in total. The largest absolute Gasteiger partial charge is 0.382 e. The number of sulfonamides is 1. The van der Waals surface area contributed by atoms with Gasteiger partial charge in [0.05, 0.1) is 11.3 Å². The number of nitrogen functional groups attached to an aromatic ring is 1. The van der Waals surface area contributed by atoms with Crippen molar-refractivity contribution < 1.29 is 8.42 Å². The molecule has 0 spiro atoms. The minimum atomic E-state index is -3.18. The summed E-state index contributed by atoms with van der Waals surface area (Å²) in [6, 6.07) is 3.71. The average molecular weight is 376 g/mol. The molecule has 0 radical (unpaired) electrons. The van der Waals surface area contributed by atoms with Gasteiger partial charge in [0.15, 0.2) is 5.82 Å². The standard InChI is InChI=1S/C17H24N6O2S/c1-3-7-13-22-15-16(14-12(21-17(15)18)8-6-9-20-14)23(13)10-4-5-11-26(24,25)19-2/h6,8-9,19H,3-5,7,10-11H2,1-2H3,(H2,18,21). The molecule has 0 aliphatic carbocycles. The van der Waals surface area contributed by atoms with Crippen molar-refractivity contribution in [2.24, 2.45) is 0 Å². The van der Waals surface area contributed by atoms with Crippen LogP contribution in [0.1, 0.15) is 32.0 Å². The first kappa shape index (κ1) is 18.5. The molecule has 3 aromatic rings. The Hall–Kier alpha value is -2.26. The molecule has 0 saturated heterocycles. The summed E-state index contributed by atoms with van der Waals surface area (Å²) in [4.78, 5) is 13.6. The molecule has 9 heteroatoms. The van der Waals surface area contributed by atoms with Crippen molar-refractivity contribution in [2.45, 2.75) is 39.2 Å². The van der Waals surface area contributed by atoms with Gasteiger partial charge in [0.1, 0.15) is 22.4 Å². The van der Waals surface area contributed by atoms with Crippen LogP contribution in [0.4, 0.5) is 5.82 Å². The van der Waals surface area contributed by atoms with E-state index in [9.17, 15) is 8.42 Å². The Morgan fingerprint density at radius 2 is 2.04 bits per heavy atom. The van der Waals surface area contributed by atoms with Crippen molar-refractivity contribution in [1.82, 2.24) is 24.2 Å². The van der Waals surface area contributed by atoms with Gasteiger partial charge in [-0.1, -0.05) is 6.92 Å². The highest BCUT2D eigenvalue weighted by atomic mass is 32.2. The number of aromatic nitrogens is 4. The molecule has 0 aliphatic rings. The number of nitrogens with zero attached hydrogens (tertiary/aromatic N) is 4. The molecule has 3 rings (SSSR count). The molecule has 3 N–H and O–H groups in total. The van der Waals surface area contributed by atoms with Crippen LogP contribution in [0.5, 0.6) is 0 Å². The first-order valence-corrected chi connectivity index (χ1v) is 10.4. The number of imidazole rings is 1. The van der Waals surface area contributed by atoms with Crippen molar-refractivity contribution in [2.75, 3.05) is 18.5 Å². The molecule has 0 bridgehead atoms. The lowest BCUT2D eigenvalue weighted by atomic mass is 10.2. The zero-order valence-electron chi connectivity index (χ0n) is 15.1. The second-order valence-corrected chi connectivity index (χ2v) is 8.27. The zero-order valence-corrected chi connectivity index (χ0v) is 15.9. The molecular formula is C17H24N6O2S. The number of nitrogens with two attached hydrogens (primary N) is 1. The van der Waals surface area contributed by atoms with Gasteiger partial charge in [-0.25, -0.2) is 23.1 Å². The van der Waals surface area contributed by atoms with Crippen molar-refractivity contribution in [3.05, 3.63) is 24.2 Å². The van der Waals surface area contributed by atoms with Crippen molar-refractivity contribution >= 4 is 37.9 Å². The lowest BCUT2D eigenvalue weighted by Crippen LogP contribution is -2.22. The van der Waals surface area contributed by atoms with Crippen LogP contribution < -0.4 is 10.5 Å². The average Bonchev–Trinajstić information content (AvgIpc) is 2.98. The van der Waals surface area contributed by atoms with Crippen LogP contribution >= 0.6 is 0 Å². The molecule has 0 fully saturated rings. The third-order valence-electron chi connectivity index (χ3n) is 4.37. The third-order valence-corrected chi connectivity index (χ3v) is 5.82. The molecule has 0 aliphatic heterocycles. The summed E-state index contributed by atoms with van der Waals surface area (Å²) in [5.74, 6) is 1.45. The van der Waals surface area contributed by atoms with Gasteiger partial charge in [-0.3, -0.25) is 4.98 Å². The third kappa shape index (κ3) is 3.63. The van der Waals surface area contributed by atoms with Crippen LogP contribution in [0.3, 0.4) is 0 Å². The first-order valence-electron chi connectivity index (χ1n) is 8.77. The molecular weight excluding hydrogens is 352 g/mol. The number of hydrogen-bond donors (Lipinski definition) is 2. The van der Waals surface area contributed by atoms with Crippen molar-refractivity contribution in [3.8, 4) is 0 Å². The Morgan fingerprint density at radius 3 is 2.77 bits per heavy atom. The Kier molecular flexibility index (Phi) is 5.38. The first-order chi connectivity index (χ1) is 12.5. The summed E-state index contributed by atoms with van der Waals surface area (Å²) in [7, 11) is -1.75. The molecule has 3 heterocycles. The van der Waals surface area contributed by atoms with E-state index in [1.54, 1.807) is 6.20 Å². The van der Waals surface area contributed by atoms with Gasteiger partial charge in [0, 0.05) is 19.2 Å². The Morgan fingerprint density at radius 1 is 1.23 bits per heavy atom. The van der Waals surface area contributed by atoms with Crippen LogP contribution in [-0.4, -0.2) is 40.7 Å². The summed E-state index contributed by atoms with van der Waals surface area (Å²) in [5, 5.41) is 0. The van der Waals surface area contributed by atoms with E-state index in [1.807, 2.05) is 12.1 Å². The van der Waals surface area contributed by atoms with Crippen LogP contribution in [0, 0.1) is 0 Å². The van der Waals surface area contributed by atoms with Crippen molar-refractivity contribution in [3.63, 3.8) is 0 Å². The lowest BCUT2D eigenvalue weighted by Gasteiger charge is -2.10. The Labute approximate surface area is 152 Å². The van der Waals surface area contributed by atoms with Gasteiger partial charge in [-0.15, -0.1) is 0 Å². The van der Waals surface area contributed by atoms with Gasteiger partial charge in [0.2, 0.25) is 10.0 Å². The van der Waals surface area contributed by atoms with E-state index in [2.05, 4.69) is 26.2 Å². The normalized spacial score (nSPS) is 12.2. The predicted octanol–water partition coefficient (Wildman–Crippen LogP) is 1.84. The van der Waals surface area contributed by atoms with E-state index in [0.29, 0.717) is 24.3 Å².